The number of amides is 1. The highest BCUT2D eigenvalue weighted by Crippen LogP contribution is 2.49. The number of nitrogens with one attached hydrogen (secondary N) is 1. The van der Waals surface area contributed by atoms with Gasteiger partial charge in [0, 0.05) is 13.0 Å². The van der Waals surface area contributed by atoms with E-state index in [-0.39, 0.29) is 5.91 Å². The molecule has 0 aliphatic heterocycles. The first-order chi connectivity index (χ1) is 9.74. The lowest BCUT2D eigenvalue weighted by molar-refractivity contribution is -0.122. The molecule has 1 N–H and O–H groups in total. The van der Waals surface area contributed by atoms with Crippen molar-refractivity contribution in [2.24, 2.45) is 17.8 Å². The molecule has 0 heterocycles. The third kappa shape index (κ3) is 2.97. The fourth-order valence-electron chi connectivity index (χ4n) is 3.92. The van der Waals surface area contributed by atoms with Gasteiger partial charge < -0.3 is 10.1 Å². The number of carbonyl (C=O) groups excluding carboxylic acids is 1. The van der Waals surface area contributed by atoms with Gasteiger partial charge in [0.05, 0.1) is 7.11 Å². The summed E-state index contributed by atoms with van der Waals surface area (Å²) >= 11 is 0. The zero-order chi connectivity index (χ0) is 13.9. The third-order valence-corrected chi connectivity index (χ3v) is 4.96. The second-order valence-corrected chi connectivity index (χ2v) is 6.27. The molecule has 2 bridgehead atoms. The molecular weight excluding hydrogens is 250 g/mol. The van der Waals surface area contributed by atoms with E-state index in [1.807, 2.05) is 24.3 Å². The van der Waals surface area contributed by atoms with Crippen LogP contribution < -0.4 is 10.1 Å². The van der Waals surface area contributed by atoms with Crippen molar-refractivity contribution in [3.05, 3.63) is 29.8 Å². The fraction of sp³-hybridized carbons (Fsp3) is 0.588. The van der Waals surface area contributed by atoms with Gasteiger partial charge in [-0.3, -0.25) is 4.79 Å². The van der Waals surface area contributed by atoms with Crippen LogP contribution in [-0.2, 0) is 11.3 Å². The highest BCUT2D eigenvalue weighted by molar-refractivity contribution is 5.76. The molecule has 0 aromatic heterocycles. The molecule has 0 radical (unpaired) electrons. The maximum atomic E-state index is 12.1. The first-order valence-corrected chi connectivity index (χ1v) is 7.64. The summed E-state index contributed by atoms with van der Waals surface area (Å²) in [6.45, 7) is 0.594. The summed E-state index contributed by atoms with van der Waals surface area (Å²) in [5.41, 5.74) is 1.09. The second kappa shape index (κ2) is 5.86. The van der Waals surface area contributed by atoms with Gasteiger partial charge in [0.2, 0.25) is 5.91 Å². The molecule has 108 valence electrons. The minimum atomic E-state index is 0.199. The average Bonchev–Trinajstić information content (AvgIpc) is 3.08. The molecule has 2 saturated carbocycles. The van der Waals surface area contributed by atoms with Crippen molar-refractivity contribution in [3.63, 3.8) is 0 Å². The van der Waals surface area contributed by atoms with Gasteiger partial charge in [0.25, 0.3) is 0 Å². The molecule has 2 fully saturated rings. The van der Waals surface area contributed by atoms with Gasteiger partial charge in [-0.1, -0.05) is 18.6 Å². The molecule has 0 unspecified atom stereocenters. The number of fused-ring (bicyclic) bond motifs is 2. The number of methoxy groups -OCH3 is 1. The Morgan fingerprint density at radius 1 is 1.35 bits per heavy atom. The van der Waals surface area contributed by atoms with Gasteiger partial charge in [-0.15, -0.1) is 0 Å². The van der Waals surface area contributed by atoms with Crippen LogP contribution in [0.15, 0.2) is 24.3 Å². The van der Waals surface area contributed by atoms with Gasteiger partial charge in [-0.25, -0.2) is 0 Å². The predicted molar refractivity (Wildman–Crippen MR) is 78.4 cm³/mol. The van der Waals surface area contributed by atoms with Crippen LogP contribution >= 0.6 is 0 Å². The molecule has 20 heavy (non-hydrogen) atoms. The van der Waals surface area contributed by atoms with Crippen molar-refractivity contribution in [1.82, 2.24) is 5.32 Å². The zero-order valence-corrected chi connectivity index (χ0v) is 12.1. The maximum absolute atomic E-state index is 12.1. The van der Waals surface area contributed by atoms with Crippen LogP contribution in [0.4, 0.5) is 0 Å². The van der Waals surface area contributed by atoms with Crippen LogP contribution in [0, 0.1) is 17.8 Å². The van der Waals surface area contributed by atoms with E-state index in [9.17, 15) is 4.79 Å². The fourth-order valence-corrected chi connectivity index (χ4v) is 3.92. The monoisotopic (exact) mass is 273 g/mol. The first-order valence-electron chi connectivity index (χ1n) is 7.64. The number of hydrogen-bond donors (Lipinski definition) is 1. The molecule has 1 aromatic carbocycles. The summed E-state index contributed by atoms with van der Waals surface area (Å²) in [6, 6.07) is 7.86. The van der Waals surface area contributed by atoms with Crippen LogP contribution in [0.1, 0.15) is 37.7 Å². The molecule has 3 atom stereocenters. The summed E-state index contributed by atoms with van der Waals surface area (Å²) in [7, 11) is 1.66. The Bertz CT molecular complexity index is 486. The number of carbonyl (C=O) groups is 1. The number of benzene rings is 1. The van der Waals surface area contributed by atoms with Crippen LogP contribution in [0.3, 0.4) is 0 Å². The summed E-state index contributed by atoms with van der Waals surface area (Å²) in [5, 5.41) is 3.04. The highest BCUT2D eigenvalue weighted by atomic mass is 16.5. The molecule has 3 heteroatoms. The van der Waals surface area contributed by atoms with Gasteiger partial charge >= 0.3 is 0 Å². The number of rotatable bonds is 5. The van der Waals surface area contributed by atoms with Crippen molar-refractivity contribution in [1.29, 1.82) is 0 Å². The Hall–Kier alpha value is -1.51. The van der Waals surface area contributed by atoms with Crippen molar-refractivity contribution in [3.8, 4) is 5.75 Å². The van der Waals surface area contributed by atoms with Crippen LogP contribution in [0.5, 0.6) is 5.75 Å². The van der Waals surface area contributed by atoms with E-state index < -0.39 is 0 Å². The van der Waals surface area contributed by atoms with E-state index in [1.54, 1.807) is 7.11 Å². The molecule has 1 aromatic rings. The first kappa shape index (κ1) is 13.5. The Morgan fingerprint density at radius 2 is 2.25 bits per heavy atom. The molecule has 1 amide bonds. The third-order valence-electron chi connectivity index (χ3n) is 4.96. The quantitative estimate of drug-likeness (QED) is 0.895. The summed E-state index contributed by atoms with van der Waals surface area (Å²) < 4.78 is 5.19. The minimum Gasteiger partial charge on any atom is -0.497 e. The Morgan fingerprint density at radius 3 is 2.95 bits per heavy atom. The van der Waals surface area contributed by atoms with Crippen molar-refractivity contribution in [2.75, 3.05) is 7.11 Å². The van der Waals surface area contributed by atoms with Gasteiger partial charge in [0.15, 0.2) is 0 Å². The number of hydrogen-bond acceptors (Lipinski definition) is 2. The van der Waals surface area contributed by atoms with Gasteiger partial charge in [-0.05, 0) is 54.7 Å². The Kier molecular flexibility index (Phi) is 3.95. The van der Waals surface area contributed by atoms with Crippen molar-refractivity contribution >= 4 is 5.91 Å². The van der Waals surface area contributed by atoms with E-state index in [4.69, 9.17) is 4.74 Å². The van der Waals surface area contributed by atoms with Crippen molar-refractivity contribution in [2.45, 2.75) is 38.6 Å². The smallest absolute Gasteiger partial charge is 0.220 e. The standard InChI is InChI=1S/C17H23NO2/c1-20-16-4-2-3-13(9-16)11-18-17(19)10-15-8-12-5-6-14(15)7-12/h2-4,9,12,14-15H,5-8,10-11H2,1H3,(H,18,19)/t12-,14-,15-/m1/s1. The minimum absolute atomic E-state index is 0.199. The second-order valence-electron chi connectivity index (χ2n) is 6.27. The van der Waals surface area contributed by atoms with Crippen LogP contribution in [0.25, 0.3) is 0 Å². The molecule has 3 rings (SSSR count). The summed E-state index contributed by atoms with van der Waals surface area (Å²) in [5.74, 6) is 3.41. The normalized spacial score (nSPS) is 27.6. The van der Waals surface area contributed by atoms with E-state index in [0.29, 0.717) is 18.9 Å². The lowest BCUT2D eigenvalue weighted by atomic mass is 9.86. The predicted octanol–water partition coefficient (Wildman–Crippen LogP) is 3.14. The van der Waals surface area contributed by atoms with Crippen LogP contribution in [0.2, 0.25) is 0 Å². The maximum Gasteiger partial charge on any atom is 0.220 e. The zero-order valence-electron chi connectivity index (χ0n) is 12.1. The lowest BCUT2D eigenvalue weighted by Crippen LogP contribution is -2.26. The van der Waals surface area contributed by atoms with E-state index in [2.05, 4.69) is 5.32 Å². The molecule has 3 nitrogen and oxygen atoms in total. The largest absolute Gasteiger partial charge is 0.497 e. The van der Waals surface area contributed by atoms with Gasteiger partial charge in [0.1, 0.15) is 5.75 Å². The van der Waals surface area contributed by atoms with Gasteiger partial charge in [-0.2, -0.15) is 0 Å². The molecule has 2 aliphatic rings. The number of ether oxygens (including phenoxy) is 1. The Balaban J connectivity index is 1.47. The molecule has 0 saturated heterocycles. The molecular formula is C17H23NO2. The van der Waals surface area contributed by atoms with E-state index >= 15 is 0 Å². The van der Waals surface area contributed by atoms with E-state index in [1.165, 1.54) is 25.7 Å². The topological polar surface area (TPSA) is 38.3 Å². The molecule has 0 spiro atoms. The summed E-state index contributed by atoms with van der Waals surface area (Å²) in [6.07, 6.45) is 6.10. The highest BCUT2D eigenvalue weighted by Gasteiger charge is 2.39. The average molecular weight is 273 g/mol. The Labute approximate surface area is 120 Å². The molecule has 2 aliphatic carbocycles. The van der Waals surface area contributed by atoms with E-state index in [0.717, 1.165) is 23.1 Å². The lowest BCUT2D eigenvalue weighted by Gasteiger charge is -2.20. The van der Waals surface area contributed by atoms with Crippen LogP contribution in [-0.4, -0.2) is 13.0 Å². The summed E-state index contributed by atoms with van der Waals surface area (Å²) in [4.78, 5) is 12.1. The van der Waals surface area contributed by atoms with Crippen molar-refractivity contribution < 1.29 is 9.53 Å². The SMILES string of the molecule is COc1cccc(CNC(=O)C[C@H]2C[C@@H]3CC[C@@H]2C3)c1.